The summed E-state index contributed by atoms with van der Waals surface area (Å²) in [5, 5.41) is 10.9. The van der Waals surface area contributed by atoms with E-state index in [9.17, 15) is 21.9 Å². The largest absolute Gasteiger partial charge is 0.497 e. The Morgan fingerprint density at radius 1 is 0.865 bits per heavy atom. The monoisotopic (exact) mass is 552 g/mol. The summed E-state index contributed by atoms with van der Waals surface area (Å²) in [6.45, 7) is 4.48. The lowest BCUT2D eigenvalue weighted by Gasteiger charge is -2.29. The highest BCUT2D eigenvalue weighted by atomic mass is 32.2. The summed E-state index contributed by atoms with van der Waals surface area (Å²) in [6, 6.07) is 14.5. The molecule has 1 fully saturated rings. The molecule has 0 aliphatic heterocycles. The third kappa shape index (κ3) is 8.00. The van der Waals surface area contributed by atoms with E-state index in [2.05, 4.69) is 0 Å². The molecular weight excluding hydrogens is 512 g/mol. The standard InChI is InChI=1S/C27H40N2O6S2/c1-22(2)19-29(37(33,34)27-15-13-25(35-3)14-16-27)21-24(30)17-18-28(20-23-9-7-8-10-23)36(31,32)26-11-5-4-6-12-26/h4-6,11-16,22-24,30H,7-10,17-21H2,1-3H3/t24-/m0/s1. The molecule has 3 rings (SSSR count). The molecule has 1 atom stereocenters. The van der Waals surface area contributed by atoms with Crippen molar-refractivity contribution in [1.29, 1.82) is 0 Å². The predicted molar refractivity (Wildman–Crippen MR) is 144 cm³/mol. The van der Waals surface area contributed by atoms with Gasteiger partial charge in [0, 0.05) is 26.2 Å². The molecule has 0 unspecified atom stereocenters. The van der Waals surface area contributed by atoms with Crippen LogP contribution < -0.4 is 4.74 Å². The molecule has 0 radical (unpaired) electrons. The van der Waals surface area contributed by atoms with Crippen LogP contribution in [0.2, 0.25) is 0 Å². The smallest absolute Gasteiger partial charge is 0.243 e. The number of hydrogen-bond acceptors (Lipinski definition) is 6. The van der Waals surface area contributed by atoms with E-state index in [1.54, 1.807) is 42.5 Å². The van der Waals surface area contributed by atoms with Gasteiger partial charge in [-0.05, 0) is 67.5 Å². The fourth-order valence-electron chi connectivity index (χ4n) is 4.73. The van der Waals surface area contributed by atoms with Crippen LogP contribution in [0, 0.1) is 11.8 Å². The van der Waals surface area contributed by atoms with Crippen molar-refractivity contribution in [1.82, 2.24) is 8.61 Å². The van der Waals surface area contributed by atoms with E-state index in [1.165, 1.54) is 27.9 Å². The molecule has 1 N–H and O–H groups in total. The molecule has 206 valence electrons. The molecule has 1 aliphatic carbocycles. The Hall–Kier alpha value is -1.98. The van der Waals surface area contributed by atoms with Crippen LogP contribution >= 0.6 is 0 Å². The SMILES string of the molecule is COc1ccc(S(=O)(=O)N(CC(C)C)C[C@@H](O)CCN(CC2CCCC2)S(=O)(=O)c2ccccc2)cc1. The number of hydrogen-bond donors (Lipinski definition) is 1. The second-order valence-electron chi connectivity index (χ2n) is 10.2. The fraction of sp³-hybridized carbons (Fsp3) is 0.556. The highest BCUT2D eigenvalue weighted by molar-refractivity contribution is 7.89. The summed E-state index contributed by atoms with van der Waals surface area (Å²) in [4.78, 5) is 0.349. The molecule has 0 heterocycles. The molecular formula is C27H40N2O6S2. The minimum absolute atomic E-state index is 0.0394. The molecule has 1 aliphatic rings. The van der Waals surface area contributed by atoms with Crippen molar-refractivity contribution in [3.63, 3.8) is 0 Å². The average molecular weight is 553 g/mol. The number of rotatable bonds is 14. The molecule has 8 nitrogen and oxygen atoms in total. The number of nitrogens with zero attached hydrogens (tertiary/aromatic N) is 2. The molecule has 0 saturated heterocycles. The number of ether oxygens (including phenoxy) is 1. The van der Waals surface area contributed by atoms with Gasteiger partial charge in [0.15, 0.2) is 0 Å². The maximum absolute atomic E-state index is 13.4. The Kier molecular flexibility index (Phi) is 10.5. The molecule has 0 spiro atoms. The zero-order valence-corrected chi connectivity index (χ0v) is 23.6. The van der Waals surface area contributed by atoms with Crippen LogP contribution in [-0.4, -0.2) is 69.9 Å². The zero-order chi connectivity index (χ0) is 27.1. The van der Waals surface area contributed by atoms with Crippen LogP contribution in [0.15, 0.2) is 64.4 Å². The molecule has 0 bridgehead atoms. The Morgan fingerprint density at radius 2 is 1.43 bits per heavy atom. The first-order valence-corrected chi connectivity index (χ1v) is 15.8. The van der Waals surface area contributed by atoms with Gasteiger partial charge in [0.1, 0.15) is 5.75 Å². The molecule has 0 amide bonds. The Morgan fingerprint density at radius 3 is 2.00 bits per heavy atom. The number of aliphatic hydroxyl groups excluding tert-OH is 1. The van der Waals surface area contributed by atoms with E-state index in [-0.39, 0.29) is 41.8 Å². The number of benzene rings is 2. The van der Waals surface area contributed by atoms with Crippen molar-refractivity contribution in [3.8, 4) is 5.75 Å². The van der Waals surface area contributed by atoms with Gasteiger partial charge in [0.2, 0.25) is 20.0 Å². The quantitative estimate of drug-likeness (QED) is 0.380. The number of sulfonamides is 2. The normalized spacial score (nSPS) is 16.1. The van der Waals surface area contributed by atoms with Crippen LogP contribution in [0.4, 0.5) is 0 Å². The topological polar surface area (TPSA) is 104 Å². The highest BCUT2D eigenvalue weighted by Crippen LogP contribution is 2.28. The molecule has 10 heteroatoms. The Balaban J connectivity index is 1.75. The maximum atomic E-state index is 13.4. The van der Waals surface area contributed by atoms with Gasteiger partial charge in [-0.15, -0.1) is 0 Å². The molecule has 0 aromatic heterocycles. The lowest BCUT2D eigenvalue weighted by atomic mass is 10.1. The van der Waals surface area contributed by atoms with Gasteiger partial charge in [0.05, 0.1) is 23.0 Å². The number of aliphatic hydroxyl groups is 1. The van der Waals surface area contributed by atoms with Crippen LogP contribution in [0.3, 0.4) is 0 Å². The first kappa shape index (κ1) is 29.6. The van der Waals surface area contributed by atoms with Gasteiger partial charge in [-0.2, -0.15) is 8.61 Å². The third-order valence-corrected chi connectivity index (χ3v) is 10.4. The summed E-state index contributed by atoms with van der Waals surface area (Å²) in [7, 11) is -6.08. The second-order valence-corrected chi connectivity index (χ2v) is 14.0. The average Bonchev–Trinajstić information content (AvgIpc) is 3.39. The van der Waals surface area contributed by atoms with Crippen molar-refractivity contribution >= 4 is 20.0 Å². The Bertz CT molecular complexity index is 1180. The van der Waals surface area contributed by atoms with Crippen molar-refractivity contribution < 1.29 is 26.7 Å². The van der Waals surface area contributed by atoms with Crippen molar-refractivity contribution in [2.45, 2.75) is 61.8 Å². The highest BCUT2D eigenvalue weighted by Gasteiger charge is 2.31. The van der Waals surface area contributed by atoms with E-state index in [1.807, 2.05) is 13.8 Å². The fourth-order valence-corrected chi connectivity index (χ4v) is 7.92. The molecule has 2 aromatic carbocycles. The summed E-state index contributed by atoms with van der Waals surface area (Å²) in [5.74, 6) is 0.887. The van der Waals surface area contributed by atoms with Crippen molar-refractivity contribution in [2.75, 3.05) is 33.3 Å². The lowest BCUT2D eigenvalue weighted by Crippen LogP contribution is -2.42. The summed E-state index contributed by atoms with van der Waals surface area (Å²) in [6.07, 6.45) is 3.28. The molecule has 37 heavy (non-hydrogen) atoms. The van der Waals surface area contributed by atoms with Gasteiger partial charge in [-0.1, -0.05) is 44.9 Å². The van der Waals surface area contributed by atoms with Gasteiger partial charge < -0.3 is 9.84 Å². The van der Waals surface area contributed by atoms with Gasteiger partial charge in [-0.3, -0.25) is 0 Å². The second kappa shape index (κ2) is 13.2. The summed E-state index contributed by atoms with van der Waals surface area (Å²) < 4.78 is 61.5. The van der Waals surface area contributed by atoms with Crippen LogP contribution in [0.25, 0.3) is 0 Å². The molecule has 2 aromatic rings. The van der Waals surface area contributed by atoms with E-state index in [4.69, 9.17) is 4.74 Å². The van der Waals surface area contributed by atoms with Crippen molar-refractivity contribution in [3.05, 3.63) is 54.6 Å². The summed E-state index contributed by atoms with van der Waals surface area (Å²) >= 11 is 0. The molecule has 1 saturated carbocycles. The Labute approximate surface area is 222 Å². The predicted octanol–water partition coefficient (Wildman–Crippen LogP) is 3.97. The first-order chi connectivity index (χ1) is 17.5. The van der Waals surface area contributed by atoms with Gasteiger partial charge in [-0.25, -0.2) is 16.8 Å². The first-order valence-electron chi connectivity index (χ1n) is 12.9. The number of methoxy groups -OCH3 is 1. The van der Waals surface area contributed by atoms with E-state index in [0.29, 0.717) is 18.2 Å². The van der Waals surface area contributed by atoms with Crippen LogP contribution in [0.1, 0.15) is 46.0 Å². The third-order valence-electron chi connectivity index (χ3n) is 6.71. The maximum Gasteiger partial charge on any atom is 0.243 e. The van der Waals surface area contributed by atoms with E-state index in [0.717, 1.165) is 25.7 Å². The van der Waals surface area contributed by atoms with Crippen LogP contribution in [-0.2, 0) is 20.0 Å². The van der Waals surface area contributed by atoms with Gasteiger partial charge in [0.25, 0.3) is 0 Å². The summed E-state index contributed by atoms with van der Waals surface area (Å²) in [5.41, 5.74) is 0. The lowest BCUT2D eigenvalue weighted by molar-refractivity contribution is 0.125. The minimum atomic E-state index is -3.86. The van der Waals surface area contributed by atoms with E-state index >= 15 is 0 Å². The minimum Gasteiger partial charge on any atom is -0.497 e. The van der Waals surface area contributed by atoms with Gasteiger partial charge >= 0.3 is 0 Å². The van der Waals surface area contributed by atoms with Crippen LogP contribution in [0.5, 0.6) is 5.75 Å². The van der Waals surface area contributed by atoms with Crippen molar-refractivity contribution in [2.24, 2.45) is 11.8 Å². The van der Waals surface area contributed by atoms with E-state index < -0.39 is 26.2 Å². The zero-order valence-electron chi connectivity index (χ0n) is 22.0.